The molecule has 1 atom stereocenters. The van der Waals surface area contributed by atoms with E-state index < -0.39 is 16.6 Å². The molecule has 1 N–H and O–H groups in total. The molecular weight excluding hydrogens is 291 g/mol. The van der Waals surface area contributed by atoms with E-state index in [-0.39, 0.29) is 17.3 Å². The van der Waals surface area contributed by atoms with Crippen molar-refractivity contribution in [1.82, 2.24) is 0 Å². The van der Waals surface area contributed by atoms with E-state index >= 15 is 0 Å². The van der Waals surface area contributed by atoms with E-state index in [9.17, 15) is 18.5 Å². The lowest BCUT2D eigenvalue weighted by Gasteiger charge is -2.07. The summed E-state index contributed by atoms with van der Waals surface area (Å²) in [6, 6.07) is 8.40. The van der Waals surface area contributed by atoms with Crippen molar-refractivity contribution < 1.29 is 18.5 Å². The Labute approximate surface area is 124 Å². The van der Waals surface area contributed by atoms with Gasteiger partial charge in [0.2, 0.25) is 0 Å². The minimum absolute atomic E-state index is 0.159. The molecule has 0 bridgehead atoms. The number of phenolic OH excluding ortho intramolecular Hbond substituents is 1. The topological polar surface area (TPSA) is 54.4 Å². The Morgan fingerprint density at radius 1 is 1.14 bits per heavy atom. The number of hydrogen-bond acceptors (Lipinski definition) is 3. The Kier molecular flexibility index (Phi) is 4.53. The standard InChI is InChI=1S/C16H15FO3S/c1-10-7-12(8-11(2)16(10)19)15(18)9-21(20)14-5-3-13(17)4-6-14/h3-8,19H,9H2,1-2H3/t21-/m0/s1. The first-order valence-electron chi connectivity index (χ1n) is 6.36. The molecule has 3 nitrogen and oxygen atoms in total. The van der Waals surface area contributed by atoms with Crippen LogP contribution in [0.25, 0.3) is 0 Å². The number of Topliss-reactive ketones (excluding diaryl/α,β-unsaturated/α-hetero) is 1. The van der Waals surface area contributed by atoms with E-state index in [2.05, 4.69) is 0 Å². The summed E-state index contributed by atoms with van der Waals surface area (Å²) in [6.45, 7) is 3.41. The SMILES string of the molecule is Cc1cc(C(=O)C[S@](=O)c2ccc(F)cc2)cc(C)c1O. The first-order chi connectivity index (χ1) is 9.88. The van der Waals surface area contributed by atoms with Gasteiger partial charge in [-0.1, -0.05) is 0 Å². The molecule has 0 aromatic heterocycles. The highest BCUT2D eigenvalue weighted by atomic mass is 32.2. The molecule has 2 aromatic rings. The Balaban J connectivity index is 2.18. The van der Waals surface area contributed by atoms with Crippen LogP contribution in [0.1, 0.15) is 21.5 Å². The molecule has 5 heteroatoms. The number of hydrogen-bond donors (Lipinski definition) is 1. The van der Waals surface area contributed by atoms with Crippen LogP contribution < -0.4 is 0 Å². The lowest BCUT2D eigenvalue weighted by Crippen LogP contribution is -2.11. The number of carbonyl (C=O) groups is 1. The zero-order valence-electron chi connectivity index (χ0n) is 11.7. The van der Waals surface area contributed by atoms with Gasteiger partial charge < -0.3 is 5.11 Å². The second-order valence-corrected chi connectivity index (χ2v) is 6.28. The average Bonchev–Trinajstić information content (AvgIpc) is 2.44. The average molecular weight is 306 g/mol. The van der Waals surface area contributed by atoms with E-state index in [0.29, 0.717) is 21.6 Å². The van der Waals surface area contributed by atoms with Gasteiger partial charge in [0.15, 0.2) is 5.78 Å². The molecule has 0 amide bonds. The van der Waals surface area contributed by atoms with Crippen LogP contribution in [0, 0.1) is 19.7 Å². The molecule has 0 saturated heterocycles. The molecule has 0 aliphatic heterocycles. The summed E-state index contributed by atoms with van der Waals surface area (Å²) in [4.78, 5) is 12.6. The van der Waals surface area contributed by atoms with Gasteiger partial charge in [0, 0.05) is 10.5 Å². The molecule has 0 radical (unpaired) electrons. The molecule has 0 aliphatic rings. The highest BCUT2D eigenvalue weighted by Crippen LogP contribution is 2.23. The Hall–Kier alpha value is -2.01. The van der Waals surface area contributed by atoms with Crippen molar-refractivity contribution in [2.75, 3.05) is 5.75 Å². The van der Waals surface area contributed by atoms with Gasteiger partial charge in [-0.05, 0) is 61.4 Å². The van der Waals surface area contributed by atoms with Crippen molar-refractivity contribution in [2.45, 2.75) is 18.7 Å². The summed E-state index contributed by atoms with van der Waals surface area (Å²) in [5, 5.41) is 9.69. The fraction of sp³-hybridized carbons (Fsp3) is 0.188. The van der Waals surface area contributed by atoms with Crippen LogP contribution in [0.3, 0.4) is 0 Å². The maximum absolute atomic E-state index is 12.8. The van der Waals surface area contributed by atoms with Crippen LogP contribution in [-0.4, -0.2) is 20.9 Å². The van der Waals surface area contributed by atoms with E-state index in [1.165, 1.54) is 24.3 Å². The molecule has 0 heterocycles. The molecular formula is C16H15FO3S. The maximum atomic E-state index is 12.8. The maximum Gasteiger partial charge on any atom is 0.175 e. The molecule has 0 aliphatic carbocycles. The largest absolute Gasteiger partial charge is 0.507 e. The van der Waals surface area contributed by atoms with Crippen molar-refractivity contribution in [3.63, 3.8) is 0 Å². The summed E-state index contributed by atoms with van der Waals surface area (Å²) in [7, 11) is -1.52. The first-order valence-corrected chi connectivity index (χ1v) is 7.67. The van der Waals surface area contributed by atoms with Crippen LogP contribution in [0.5, 0.6) is 5.75 Å². The van der Waals surface area contributed by atoms with Gasteiger partial charge in [0.05, 0.1) is 16.6 Å². The second-order valence-electron chi connectivity index (χ2n) is 4.83. The first kappa shape index (κ1) is 15.4. The summed E-state index contributed by atoms with van der Waals surface area (Å²) in [6.07, 6.45) is 0. The highest BCUT2D eigenvalue weighted by Gasteiger charge is 2.14. The Bertz CT molecular complexity index is 685. The molecule has 110 valence electrons. The lowest BCUT2D eigenvalue weighted by molar-refractivity contribution is 0.102. The lowest BCUT2D eigenvalue weighted by atomic mass is 10.0. The number of benzene rings is 2. The van der Waals surface area contributed by atoms with Crippen molar-refractivity contribution in [2.24, 2.45) is 0 Å². The number of halogens is 1. The number of aromatic hydroxyl groups is 1. The Morgan fingerprint density at radius 3 is 2.19 bits per heavy atom. The molecule has 2 rings (SSSR count). The molecule has 0 saturated carbocycles. The molecule has 0 spiro atoms. The monoisotopic (exact) mass is 306 g/mol. The molecule has 0 unspecified atom stereocenters. The van der Waals surface area contributed by atoms with Crippen LogP contribution in [0.2, 0.25) is 0 Å². The van der Waals surface area contributed by atoms with Crippen LogP contribution in [-0.2, 0) is 10.8 Å². The number of phenols is 1. The summed E-state index contributed by atoms with van der Waals surface area (Å²) >= 11 is 0. The van der Waals surface area contributed by atoms with Crippen molar-refractivity contribution in [3.8, 4) is 5.75 Å². The number of aryl methyl sites for hydroxylation is 2. The van der Waals surface area contributed by atoms with Crippen LogP contribution in [0.15, 0.2) is 41.3 Å². The minimum Gasteiger partial charge on any atom is -0.507 e. The third-order valence-electron chi connectivity index (χ3n) is 3.15. The third-order valence-corrected chi connectivity index (χ3v) is 4.47. The minimum atomic E-state index is -1.52. The normalized spacial score (nSPS) is 12.1. The summed E-state index contributed by atoms with van der Waals surface area (Å²) < 4.78 is 24.9. The zero-order valence-corrected chi connectivity index (χ0v) is 12.5. The van der Waals surface area contributed by atoms with Crippen molar-refractivity contribution in [3.05, 3.63) is 58.9 Å². The fourth-order valence-electron chi connectivity index (χ4n) is 1.99. The van der Waals surface area contributed by atoms with E-state index in [0.717, 1.165) is 0 Å². The highest BCUT2D eigenvalue weighted by molar-refractivity contribution is 7.85. The molecule has 21 heavy (non-hydrogen) atoms. The van der Waals surface area contributed by atoms with Crippen molar-refractivity contribution in [1.29, 1.82) is 0 Å². The zero-order chi connectivity index (χ0) is 15.6. The number of carbonyl (C=O) groups excluding carboxylic acids is 1. The van der Waals surface area contributed by atoms with Gasteiger partial charge in [-0.2, -0.15) is 0 Å². The third kappa shape index (κ3) is 3.55. The quantitative estimate of drug-likeness (QED) is 0.883. The number of rotatable bonds is 4. The summed E-state index contributed by atoms with van der Waals surface area (Å²) in [5.74, 6) is -0.697. The van der Waals surface area contributed by atoms with Gasteiger partial charge in [-0.25, -0.2) is 4.39 Å². The Morgan fingerprint density at radius 2 is 1.67 bits per heavy atom. The van der Waals surface area contributed by atoms with Gasteiger partial charge >= 0.3 is 0 Å². The number of ketones is 1. The van der Waals surface area contributed by atoms with Crippen molar-refractivity contribution >= 4 is 16.6 Å². The van der Waals surface area contributed by atoms with Gasteiger partial charge in [0.25, 0.3) is 0 Å². The predicted molar refractivity (Wildman–Crippen MR) is 79.6 cm³/mol. The molecule has 0 fully saturated rings. The van der Waals surface area contributed by atoms with Crippen LogP contribution >= 0.6 is 0 Å². The summed E-state index contributed by atoms with van der Waals surface area (Å²) in [5.41, 5.74) is 1.62. The molecule has 2 aromatic carbocycles. The van der Waals surface area contributed by atoms with Gasteiger partial charge in [0.1, 0.15) is 11.6 Å². The van der Waals surface area contributed by atoms with Gasteiger partial charge in [-0.3, -0.25) is 9.00 Å². The predicted octanol–water partition coefficient (Wildman–Crippen LogP) is 3.14. The van der Waals surface area contributed by atoms with E-state index in [1.807, 2.05) is 0 Å². The second kappa shape index (κ2) is 6.18. The van der Waals surface area contributed by atoms with E-state index in [1.54, 1.807) is 26.0 Å². The van der Waals surface area contributed by atoms with E-state index in [4.69, 9.17) is 0 Å². The smallest absolute Gasteiger partial charge is 0.175 e. The fourth-order valence-corrected chi connectivity index (χ4v) is 3.00. The van der Waals surface area contributed by atoms with Gasteiger partial charge in [-0.15, -0.1) is 0 Å². The van der Waals surface area contributed by atoms with Crippen LogP contribution in [0.4, 0.5) is 4.39 Å².